The molecule has 26 heavy (non-hydrogen) atoms. The van der Waals surface area contributed by atoms with E-state index in [2.05, 4.69) is 4.98 Å². The van der Waals surface area contributed by atoms with Crippen molar-refractivity contribution in [2.45, 2.75) is 18.8 Å². The smallest absolute Gasteiger partial charge is 0.253 e. The summed E-state index contributed by atoms with van der Waals surface area (Å²) in [4.78, 5) is 21.5. The van der Waals surface area contributed by atoms with E-state index in [0.717, 1.165) is 47.6 Å². The van der Waals surface area contributed by atoms with Gasteiger partial charge in [0.2, 0.25) is 0 Å². The Hall–Kier alpha value is -2.82. The van der Waals surface area contributed by atoms with Gasteiger partial charge in [-0.15, -0.1) is 0 Å². The summed E-state index contributed by atoms with van der Waals surface area (Å²) in [5.41, 5.74) is 3.51. The van der Waals surface area contributed by atoms with Crippen LogP contribution in [0.15, 0.2) is 52.9 Å². The molecule has 1 aromatic heterocycles. The number of carbonyl (C=O) groups is 1. The van der Waals surface area contributed by atoms with E-state index in [1.807, 2.05) is 72.4 Å². The number of hydrogen-bond acceptors (Lipinski definition) is 4. The van der Waals surface area contributed by atoms with Crippen LogP contribution in [0.25, 0.3) is 11.1 Å². The first-order valence-electron chi connectivity index (χ1n) is 9.04. The fourth-order valence-corrected chi connectivity index (χ4v) is 3.51. The molecule has 1 fully saturated rings. The van der Waals surface area contributed by atoms with Crippen LogP contribution in [0.3, 0.4) is 0 Å². The first-order chi connectivity index (χ1) is 12.6. The lowest BCUT2D eigenvalue weighted by atomic mass is 9.97. The lowest BCUT2D eigenvalue weighted by Crippen LogP contribution is -2.39. The van der Waals surface area contributed by atoms with Gasteiger partial charge in [0.1, 0.15) is 5.52 Å². The topological polar surface area (TPSA) is 49.6 Å². The number of carbonyl (C=O) groups excluding carboxylic acids is 1. The fourth-order valence-electron chi connectivity index (χ4n) is 3.51. The summed E-state index contributed by atoms with van der Waals surface area (Å²) in [6.07, 6.45) is 1.96. The third-order valence-electron chi connectivity index (χ3n) is 5.00. The van der Waals surface area contributed by atoms with Crippen molar-refractivity contribution < 1.29 is 9.21 Å². The molecule has 0 saturated carbocycles. The van der Waals surface area contributed by atoms with Gasteiger partial charge < -0.3 is 14.2 Å². The van der Waals surface area contributed by atoms with Crippen LogP contribution in [0, 0.1) is 0 Å². The van der Waals surface area contributed by atoms with Crippen molar-refractivity contribution in [3.05, 3.63) is 60.0 Å². The van der Waals surface area contributed by atoms with E-state index in [0.29, 0.717) is 6.54 Å². The second-order valence-electron chi connectivity index (χ2n) is 7.05. The van der Waals surface area contributed by atoms with Crippen molar-refractivity contribution in [3.63, 3.8) is 0 Å². The van der Waals surface area contributed by atoms with Crippen LogP contribution in [0.5, 0.6) is 0 Å². The Kier molecular flexibility index (Phi) is 4.37. The molecule has 1 aliphatic rings. The monoisotopic (exact) mass is 349 g/mol. The molecule has 3 aromatic rings. The van der Waals surface area contributed by atoms with Gasteiger partial charge in [0.25, 0.3) is 5.91 Å². The number of anilines is 1. The molecule has 134 valence electrons. The molecule has 0 aliphatic carbocycles. The summed E-state index contributed by atoms with van der Waals surface area (Å²) in [6.45, 7) is 1.44. The molecule has 0 bridgehead atoms. The number of para-hydroxylation sites is 2. The number of hydrogen-bond donors (Lipinski definition) is 0. The van der Waals surface area contributed by atoms with Gasteiger partial charge in [-0.3, -0.25) is 4.79 Å². The molecule has 2 aromatic carbocycles. The maximum atomic E-state index is 12.9. The van der Waals surface area contributed by atoms with Crippen LogP contribution in [0.1, 0.15) is 35.0 Å². The van der Waals surface area contributed by atoms with Crippen molar-refractivity contribution in [1.82, 2.24) is 9.88 Å². The Bertz CT molecular complexity index is 881. The Morgan fingerprint density at radius 2 is 1.92 bits per heavy atom. The van der Waals surface area contributed by atoms with Gasteiger partial charge in [-0.2, -0.15) is 0 Å². The number of aromatic nitrogens is 1. The second-order valence-corrected chi connectivity index (χ2v) is 7.05. The van der Waals surface area contributed by atoms with E-state index in [1.165, 1.54) is 0 Å². The Morgan fingerprint density at radius 3 is 2.65 bits per heavy atom. The van der Waals surface area contributed by atoms with Crippen LogP contribution in [-0.4, -0.2) is 43.0 Å². The van der Waals surface area contributed by atoms with Gasteiger partial charge in [0, 0.05) is 38.4 Å². The zero-order valence-corrected chi connectivity index (χ0v) is 15.2. The van der Waals surface area contributed by atoms with Crippen molar-refractivity contribution in [2.24, 2.45) is 0 Å². The molecule has 1 saturated heterocycles. The van der Waals surface area contributed by atoms with Crippen LogP contribution in [-0.2, 0) is 0 Å². The molecule has 0 spiro atoms. The van der Waals surface area contributed by atoms with E-state index >= 15 is 0 Å². The molecule has 0 N–H and O–H groups in total. The number of oxazole rings is 1. The summed E-state index contributed by atoms with van der Waals surface area (Å²) in [5, 5.41) is 0. The van der Waals surface area contributed by atoms with Gasteiger partial charge in [-0.1, -0.05) is 12.1 Å². The van der Waals surface area contributed by atoms with Crippen molar-refractivity contribution in [1.29, 1.82) is 0 Å². The third-order valence-corrected chi connectivity index (χ3v) is 5.00. The predicted octanol–water partition coefficient (Wildman–Crippen LogP) is 3.91. The van der Waals surface area contributed by atoms with Gasteiger partial charge in [-0.05, 0) is 49.2 Å². The Labute approximate surface area is 153 Å². The van der Waals surface area contributed by atoms with E-state index in [9.17, 15) is 4.79 Å². The van der Waals surface area contributed by atoms with Crippen LogP contribution in [0.4, 0.5) is 5.69 Å². The average Bonchev–Trinajstić information content (AvgIpc) is 3.12. The fraction of sp³-hybridized carbons (Fsp3) is 0.333. The van der Waals surface area contributed by atoms with E-state index < -0.39 is 0 Å². The van der Waals surface area contributed by atoms with Crippen molar-refractivity contribution in [2.75, 3.05) is 32.1 Å². The Balaban J connectivity index is 1.51. The minimum absolute atomic E-state index is 0.0797. The second kappa shape index (κ2) is 6.83. The first-order valence-corrected chi connectivity index (χ1v) is 9.04. The highest BCUT2D eigenvalue weighted by molar-refractivity contribution is 5.94. The average molecular weight is 349 g/mol. The predicted molar refractivity (Wildman–Crippen MR) is 103 cm³/mol. The number of fused-ring (bicyclic) bond motifs is 1. The number of likely N-dealkylation sites (tertiary alicyclic amines) is 1. The summed E-state index contributed by atoms with van der Waals surface area (Å²) < 4.78 is 5.93. The molecule has 1 unspecified atom stereocenters. The number of benzene rings is 2. The summed E-state index contributed by atoms with van der Waals surface area (Å²) in [5.74, 6) is 0.976. The number of rotatable bonds is 3. The summed E-state index contributed by atoms with van der Waals surface area (Å²) >= 11 is 0. The standard InChI is InChI=1S/C21H23N3O2/c1-23(2)17-11-9-15(10-12-17)21(25)24-13-5-6-16(14-24)20-22-18-7-3-4-8-19(18)26-20/h3-4,7-12,16H,5-6,13-14H2,1-2H3. The molecular formula is C21H23N3O2. The van der Waals surface area contributed by atoms with Crippen LogP contribution >= 0.6 is 0 Å². The van der Waals surface area contributed by atoms with Crippen LogP contribution < -0.4 is 4.90 Å². The SMILES string of the molecule is CN(C)c1ccc(C(=O)N2CCCC(c3nc4ccccc4o3)C2)cc1. The van der Waals surface area contributed by atoms with Crippen molar-refractivity contribution >= 4 is 22.7 Å². The highest BCUT2D eigenvalue weighted by atomic mass is 16.3. The molecule has 1 atom stereocenters. The maximum Gasteiger partial charge on any atom is 0.253 e. The molecule has 1 amide bonds. The minimum atomic E-state index is 0.0797. The number of amides is 1. The Morgan fingerprint density at radius 1 is 1.15 bits per heavy atom. The summed E-state index contributed by atoms with van der Waals surface area (Å²) in [6, 6.07) is 15.6. The lowest BCUT2D eigenvalue weighted by molar-refractivity contribution is 0.0699. The van der Waals surface area contributed by atoms with E-state index in [4.69, 9.17) is 4.42 Å². The third kappa shape index (κ3) is 3.17. The molecule has 0 radical (unpaired) electrons. The zero-order chi connectivity index (χ0) is 18.1. The first kappa shape index (κ1) is 16.6. The highest BCUT2D eigenvalue weighted by Crippen LogP contribution is 2.29. The van der Waals surface area contributed by atoms with Crippen molar-refractivity contribution in [3.8, 4) is 0 Å². The number of nitrogens with zero attached hydrogens (tertiary/aromatic N) is 3. The van der Waals surface area contributed by atoms with Gasteiger partial charge >= 0.3 is 0 Å². The zero-order valence-electron chi connectivity index (χ0n) is 15.2. The molecule has 4 rings (SSSR count). The van der Waals surface area contributed by atoms with Gasteiger partial charge in [0.05, 0.1) is 5.92 Å². The molecule has 5 heteroatoms. The molecule has 2 heterocycles. The molecule has 5 nitrogen and oxygen atoms in total. The molecule has 1 aliphatic heterocycles. The van der Waals surface area contributed by atoms with Gasteiger partial charge in [-0.25, -0.2) is 4.98 Å². The number of piperidine rings is 1. The van der Waals surface area contributed by atoms with Gasteiger partial charge in [0.15, 0.2) is 11.5 Å². The largest absolute Gasteiger partial charge is 0.440 e. The highest BCUT2D eigenvalue weighted by Gasteiger charge is 2.28. The quantitative estimate of drug-likeness (QED) is 0.719. The summed E-state index contributed by atoms with van der Waals surface area (Å²) in [7, 11) is 3.98. The maximum absolute atomic E-state index is 12.9. The minimum Gasteiger partial charge on any atom is -0.440 e. The van der Waals surface area contributed by atoms with Crippen LogP contribution in [0.2, 0.25) is 0 Å². The van der Waals surface area contributed by atoms with E-state index in [1.54, 1.807) is 0 Å². The van der Waals surface area contributed by atoms with E-state index in [-0.39, 0.29) is 11.8 Å². The molecular weight excluding hydrogens is 326 g/mol. The normalized spacial score (nSPS) is 17.5. The lowest BCUT2D eigenvalue weighted by Gasteiger charge is -2.31.